The molecular weight excluding hydrogens is 292 g/mol. The van der Waals surface area contributed by atoms with Gasteiger partial charge in [-0.15, -0.1) is 0 Å². The molecule has 1 heterocycles. The summed E-state index contributed by atoms with van der Waals surface area (Å²) in [5.41, 5.74) is 0.613. The molecule has 0 radical (unpaired) electrons. The first-order chi connectivity index (χ1) is 11.0. The highest BCUT2D eigenvalue weighted by Gasteiger charge is 2.26. The summed E-state index contributed by atoms with van der Waals surface area (Å²) in [7, 11) is 3.77. The van der Waals surface area contributed by atoms with Gasteiger partial charge in [0.15, 0.2) is 5.82 Å². The van der Waals surface area contributed by atoms with Gasteiger partial charge in [0.1, 0.15) is 18.1 Å². The lowest BCUT2D eigenvalue weighted by molar-refractivity contribution is -0.133. The van der Waals surface area contributed by atoms with Crippen LogP contribution in [0.1, 0.15) is 46.0 Å². The summed E-state index contributed by atoms with van der Waals surface area (Å²) in [5.74, 6) is 1.25. The fourth-order valence-electron chi connectivity index (χ4n) is 3.06. The van der Waals surface area contributed by atoms with Crippen LogP contribution in [0, 0.1) is 5.92 Å². The molecule has 3 atom stereocenters. The van der Waals surface area contributed by atoms with E-state index in [1.165, 1.54) is 19.2 Å². The van der Waals surface area contributed by atoms with Crippen LogP contribution in [0.25, 0.3) is 0 Å². The van der Waals surface area contributed by atoms with E-state index in [4.69, 9.17) is 4.74 Å². The zero-order chi connectivity index (χ0) is 16.8. The van der Waals surface area contributed by atoms with E-state index >= 15 is 0 Å². The Labute approximate surface area is 138 Å². The molecule has 1 aliphatic rings. The number of amides is 1. The highest BCUT2D eigenvalue weighted by Crippen LogP contribution is 2.27. The van der Waals surface area contributed by atoms with Crippen LogP contribution in [0.3, 0.4) is 0 Å². The van der Waals surface area contributed by atoms with Crippen molar-refractivity contribution in [1.29, 1.82) is 0 Å². The number of hydrogen-bond acceptors (Lipinski definition) is 5. The van der Waals surface area contributed by atoms with Gasteiger partial charge in [-0.1, -0.05) is 26.7 Å². The second-order valence-electron chi connectivity index (χ2n) is 6.57. The standard InChI is InChI=1S/C17H28N4O2/c1-5-15(23-13-8-6-7-12(2)9-13)17(22)20-14-10-18-11-19-16(14)21(3)4/h10-13,15H,5-9H2,1-4H3,(H,20,22). The molecule has 1 saturated carbocycles. The Morgan fingerprint density at radius 3 is 2.91 bits per heavy atom. The van der Waals surface area contributed by atoms with Crippen molar-refractivity contribution in [2.24, 2.45) is 5.92 Å². The van der Waals surface area contributed by atoms with Crippen molar-refractivity contribution >= 4 is 17.4 Å². The molecule has 1 aromatic heterocycles. The Balaban J connectivity index is 2.00. The van der Waals surface area contributed by atoms with Crippen molar-refractivity contribution in [2.75, 3.05) is 24.3 Å². The number of nitrogens with zero attached hydrogens (tertiary/aromatic N) is 3. The Kier molecular flexibility index (Phi) is 6.33. The van der Waals surface area contributed by atoms with Gasteiger partial charge in [-0.05, 0) is 25.2 Å². The minimum absolute atomic E-state index is 0.122. The summed E-state index contributed by atoms with van der Waals surface area (Å²) in [5, 5.41) is 2.91. The number of carbonyl (C=O) groups is 1. The van der Waals surface area contributed by atoms with Crippen LogP contribution in [0.2, 0.25) is 0 Å². The second-order valence-corrected chi connectivity index (χ2v) is 6.57. The van der Waals surface area contributed by atoms with Crippen molar-refractivity contribution < 1.29 is 9.53 Å². The Hall–Kier alpha value is -1.69. The molecule has 3 unspecified atom stereocenters. The molecule has 1 aromatic rings. The number of ether oxygens (including phenoxy) is 1. The summed E-state index contributed by atoms with van der Waals surface area (Å²) < 4.78 is 6.08. The van der Waals surface area contributed by atoms with Gasteiger partial charge in [-0.2, -0.15) is 0 Å². The molecule has 1 amide bonds. The van der Waals surface area contributed by atoms with Crippen LogP contribution in [0.5, 0.6) is 0 Å². The van der Waals surface area contributed by atoms with Crippen LogP contribution in [-0.4, -0.2) is 42.2 Å². The van der Waals surface area contributed by atoms with Gasteiger partial charge in [0.25, 0.3) is 5.91 Å². The van der Waals surface area contributed by atoms with Gasteiger partial charge >= 0.3 is 0 Å². The molecule has 1 N–H and O–H groups in total. The first-order valence-corrected chi connectivity index (χ1v) is 8.44. The molecule has 23 heavy (non-hydrogen) atoms. The SMILES string of the molecule is CCC(OC1CCCC(C)C1)C(=O)Nc1cncnc1N(C)C. The van der Waals surface area contributed by atoms with E-state index in [2.05, 4.69) is 22.2 Å². The molecule has 6 nitrogen and oxygen atoms in total. The van der Waals surface area contributed by atoms with E-state index in [0.29, 0.717) is 23.8 Å². The average Bonchev–Trinajstić information content (AvgIpc) is 2.53. The number of rotatable bonds is 6. The lowest BCUT2D eigenvalue weighted by Gasteiger charge is -2.30. The van der Waals surface area contributed by atoms with E-state index in [9.17, 15) is 4.79 Å². The molecule has 0 aliphatic heterocycles. The molecule has 1 fully saturated rings. The average molecular weight is 320 g/mol. The molecule has 6 heteroatoms. The highest BCUT2D eigenvalue weighted by molar-refractivity contribution is 5.96. The third kappa shape index (κ3) is 4.89. The second kappa shape index (κ2) is 8.24. The van der Waals surface area contributed by atoms with Crippen LogP contribution >= 0.6 is 0 Å². The summed E-state index contributed by atoms with van der Waals surface area (Å²) in [6, 6.07) is 0. The number of aromatic nitrogens is 2. The summed E-state index contributed by atoms with van der Waals surface area (Å²) in [6.07, 6.45) is 8.04. The smallest absolute Gasteiger partial charge is 0.253 e. The van der Waals surface area contributed by atoms with Gasteiger partial charge in [-0.3, -0.25) is 4.79 Å². The van der Waals surface area contributed by atoms with Crippen LogP contribution in [-0.2, 0) is 9.53 Å². The summed E-state index contributed by atoms with van der Waals surface area (Å²) in [4.78, 5) is 22.6. The van der Waals surface area contributed by atoms with Crippen molar-refractivity contribution in [3.63, 3.8) is 0 Å². The van der Waals surface area contributed by atoms with Gasteiger partial charge in [-0.25, -0.2) is 9.97 Å². The van der Waals surface area contributed by atoms with E-state index < -0.39 is 6.10 Å². The number of hydrogen-bond donors (Lipinski definition) is 1. The van der Waals surface area contributed by atoms with E-state index in [0.717, 1.165) is 12.8 Å². The maximum Gasteiger partial charge on any atom is 0.253 e. The van der Waals surface area contributed by atoms with Gasteiger partial charge < -0.3 is 15.0 Å². The maximum absolute atomic E-state index is 12.6. The first kappa shape index (κ1) is 17.7. The van der Waals surface area contributed by atoms with Crippen LogP contribution < -0.4 is 10.2 Å². The Morgan fingerprint density at radius 2 is 2.26 bits per heavy atom. The Morgan fingerprint density at radius 1 is 1.48 bits per heavy atom. The molecule has 2 rings (SSSR count). The van der Waals surface area contributed by atoms with Crippen molar-refractivity contribution in [1.82, 2.24) is 9.97 Å². The molecule has 0 spiro atoms. The Bertz CT molecular complexity index is 521. The van der Waals surface area contributed by atoms with Crippen molar-refractivity contribution in [3.05, 3.63) is 12.5 Å². The van der Waals surface area contributed by atoms with E-state index in [-0.39, 0.29) is 12.0 Å². The van der Waals surface area contributed by atoms with E-state index in [1.807, 2.05) is 25.9 Å². The fraction of sp³-hybridized carbons (Fsp3) is 0.706. The normalized spacial score (nSPS) is 22.4. The number of nitrogens with one attached hydrogen (secondary N) is 1. The monoisotopic (exact) mass is 320 g/mol. The predicted molar refractivity (Wildman–Crippen MR) is 91.6 cm³/mol. The molecule has 0 bridgehead atoms. The molecule has 0 saturated heterocycles. The quantitative estimate of drug-likeness (QED) is 0.873. The van der Waals surface area contributed by atoms with E-state index in [1.54, 1.807) is 6.20 Å². The largest absolute Gasteiger partial charge is 0.365 e. The topological polar surface area (TPSA) is 67.3 Å². The highest BCUT2D eigenvalue weighted by atomic mass is 16.5. The summed E-state index contributed by atoms with van der Waals surface area (Å²) in [6.45, 7) is 4.23. The minimum Gasteiger partial charge on any atom is -0.365 e. The zero-order valence-electron chi connectivity index (χ0n) is 14.6. The number of anilines is 2. The third-order valence-electron chi connectivity index (χ3n) is 4.28. The third-order valence-corrected chi connectivity index (χ3v) is 4.28. The summed E-state index contributed by atoms with van der Waals surface area (Å²) >= 11 is 0. The number of carbonyl (C=O) groups excluding carboxylic acids is 1. The lowest BCUT2D eigenvalue weighted by atomic mass is 9.88. The molecule has 128 valence electrons. The van der Waals surface area contributed by atoms with Crippen LogP contribution in [0.15, 0.2) is 12.5 Å². The van der Waals surface area contributed by atoms with Crippen molar-refractivity contribution in [2.45, 2.75) is 58.2 Å². The van der Waals surface area contributed by atoms with Crippen LogP contribution in [0.4, 0.5) is 11.5 Å². The zero-order valence-corrected chi connectivity index (χ0v) is 14.6. The first-order valence-electron chi connectivity index (χ1n) is 8.44. The minimum atomic E-state index is -0.430. The van der Waals surface area contributed by atoms with Crippen molar-refractivity contribution in [3.8, 4) is 0 Å². The molecule has 0 aromatic carbocycles. The van der Waals surface area contributed by atoms with Gasteiger partial charge in [0.2, 0.25) is 0 Å². The predicted octanol–water partition coefficient (Wildman–Crippen LogP) is 2.86. The van der Waals surface area contributed by atoms with Gasteiger partial charge in [0.05, 0.1) is 12.3 Å². The molecular formula is C17H28N4O2. The maximum atomic E-state index is 12.6. The molecule has 1 aliphatic carbocycles. The lowest BCUT2D eigenvalue weighted by Crippen LogP contribution is -2.35. The van der Waals surface area contributed by atoms with Gasteiger partial charge in [0, 0.05) is 14.1 Å². The fourth-order valence-corrected chi connectivity index (χ4v) is 3.06.